The smallest absolute Gasteiger partial charge is 0.121 e. The molecule has 0 amide bonds. The summed E-state index contributed by atoms with van der Waals surface area (Å²) < 4.78 is 5.72. The van der Waals surface area contributed by atoms with Gasteiger partial charge in [0, 0.05) is 18.3 Å². The first-order chi connectivity index (χ1) is 8.61. The molecule has 0 fully saturated rings. The lowest BCUT2D eigenvalue weighted by molar-refractivity contribution is 0.271. The zero-order chi connectivity index (χ0) is 13.4. The van der Waals surface area contributed by atoms with E-state index < -0.39 is 0 Å². The molecule has 0 aliphatic rings. The fourth-order valence-electron chi connectivity index (χ4n) is 1.85. The fraction of sp³-hybridized carbons (Fsp3) is 0.625. The Morgan fingerprint density at radius 1 is 1.22 bits per heavy atom. The van der Waals surface area contributed by atoms with Crippen LogP contribution in [0.25, 0.3) is 0 Å². The Morgan fingerprint density at radius 3 is 2.67 bits per heavy atom. The highest BCUT2D eigenvalue weighted by molar-refractivity contribution is 5.48. The van der Waals surface area contributed by atoms with Crippen LogP contribution in [0, 0.1) is 11.8 Å². The number of benzene rings is 1. The minimum atomic E-state index is 0.561. The molecular weight excluding hydrogens is 222 g/mol. The van der Waals surface area contributed by atoms with Crippen molar-refractivity contribution in [1.82, 2.24) is 0 Å². The van der Waals surface area contributed by atoms with Gasteiger partial charge in [-0.15, -0.1) is 0 Å². The lowest BCUT2D eigenvalue weighted by Gasteiger charge is -2.14. The Morgan fingerprint density at radius 2 is 2.00 bits per heavy atom. The molecule has 0 aromatic heterocycles. The van der Waals surface area contributed by atoms with Gasteiger partial charge in [0.1, 0.15) is 5.75 Å². The zero-order valence-corrected chi connectivity index (χ0v) is 12.2. The number of rotatable bonds is 8. The average Bonchev–Trinajstić information content (AvgIpc) is 2.35. The van der Waals surface area contributed by atoms with E-state index in [2.05, 4.69) is 45.1 Å². The standard InChI is InChI=1S/C16H27NO/c1-5-7-14(4)11-17-15-8-6-9-16(10-15)18-12-13(2)3/h6,8-10,13-14,17H,5,7,11-12H2,1-4H3. The third kappa shape index (κ3) is 5.95. The van der Waals surface area contributed by atoms with Crippen LogP contribution < -0.4 is 10.1 Å². The maximum atomic E-state index is 5.72. The van der Waals surface area contributed by atoms with E-state index in [4.69, 9.17) is 4.74 Å². The van der Waals surface area contributed by atoms with Crippen molar-refractivity contribution in [3.63, 3.8) is 0 Å². The van der Waals surface area contributed by atoms with Crippen molar-refractivity contribution >= 4 is 5.69 Å². The van der Waals surface area contributed by atoms with Crippen LogP contribution in [0.3, 0.4) is 0 Å². The van der Waals surface area contributed by atoms with E-state index in [1.807, 2.05) is 12.1 Å². The van der Waals surface area contributed by atoms with E-state index in [1.54, 1.807) is 0 Å². The summed E-state index contributed by atoms with van der Waals surface area (Å²) in [5, 5.41) is 3.48. The normalized spacial score (nSPS) is 12.5. The molecule has 1 rings (SSSR count). The van der Waals surface area contributed by atoms with E-state index >= 15 is 0 Å². The molecule has 1 unspecified atom stereocenters. The summed E-state index contributed by atoms with van der Waals surface area (Å²) in [5.41, 5.74) is 1.15. The Hall–Kier alpha value is -1.18. The van der Waals surface area contributed by atoms with Gasteiger partial charge in [0.05, 0.1) is 6.61 Å². The number of anilines is 1. The molecule has 1 atom stereocenters. The largest absolute Gasteiger partial charge is 0.493 e. The second-order valence-corrected chi connectivity index (χ2v) is 5.51. The highest BCUT2D eigenvalue weighted by Crippen LogP contribution is 2.18. The van der Waals surface area contributed by atoms with Crippen molar-refractivity contribution in [2.45, 2.75) is 40.5 Å². The Balaban J connectivity index is 2.43. The molecule has 0 aliphatic carbocycles. The molecule has 0 saturated carbocycles. The van der Waals surface area contributed by atoms with Crippen molar-refractivity contribution in [2.75, 3.05) is 18.5 Å². The molecule has 1 N–H and O–H groups in total. The minimum Gasteiger partial charge on any atom is -0.493 e. The van der Waals surface area contributed by atoms with Crippen LogP contribution in [0.4, 0.5) is 5.69 Å². The number of nitrogens with one attached hydrogen (secondary N) is 1. The zero-order valence-electron chi connectivity index (χ0n) is 12.2. The molecular formula is C16H27NO. The summed E-state index contributed by atoms with van der Waals surface area (Å²) in [6.45, 7) is 10.6. The van der Waals surface area contributed by atoms with Crippen molar-refractivity contribution < 1.29 is 4.74 Å². The lowest BCUT2D eigenvalue weighted by Crippen LogP contribution is -2.11. The number of ether oxygens (including phenoxy) is 1. The van der Waals surface area contributed by atoms with Gasteiger partial charge in [0.2, 0.25) is 0 Å². The third-order valence-electron chi connectivity index (χ3n) is 2.85. The molecule has 2 heteroatoms. The van der Waals surface area contributed by atoms with Crippen molar-refractivity contribution in [3.8, 4) is 5.75 Å². The van der Waals surface area contributed by atoms with Gasteiger partial charge in [0.15, 0.2) is 0 Å². The second kappa shape index (κ2) is 8.02. The first kappa shape index (κ1) is 14.9. The van der Waals surface area contributed by atoms with Gasteiger partial charge in [-0.3, -0.25) is 0 Å². The van der Waals surface area contributed by atoms with E-state index in [0.29, 0.717) is 5.92 Å². The molecule has 18 heavy (non-hydrogen) atoms. The van der Waals surface area contributed by atoms with Crippen LogP contribution in [-0.2, 0) is 0 Å². The van der Waals surface area contributed by atoms with Gasteiger partial charge in [-0.25, -0.2) is 0 Å². The summed E-state index contributed by atoms with van der Waals surface area (Å²) in [6, 6.07) is 8.24. The SMILES string of the molecule is CCCC(C)CNc1cccc(OCC(C)C)c1. The summed E-state index contributed by atoms with van der Waals surface area (Å²) in [5.74, 6) is 2.23. The highest BCUT2D eigenvalue weighted by atomic mass is 16.5. The van der Waals surface area contributed by atoms with Crippen LogP contribution >= 0.6 is 0 Å². The van der Waals surface area contributed by atoms with Gasteiger partial charge in [-0.05, 0) is 30.4 Å². The predicted octanol–water partition coefficient (Wildman–Crippen LogP) is 4.57. The van der Waals surface area contributed by atoms with Gasteiger partial charge in [-0.1, -0.05) is 40.2 Å². The van der Waals surface area contributed by atoms with Gasteiger partial charge in [-0.2, -0.15) is 0 Å². The molecule has 1 aromatic rings. The van der Waals surface area contributed by atoms with Gasteiger partial charge in [0.25, 0.3) is 0 Å². The molecule has 2 nitrogen and oxygen atoms in total. The van der Waals surface area contributed by atoms with Gasteiger partial charge >= 0.3 is 0 Å². The van der Waals surface area contributed by atoms with Crippen LogP contribution in [0.5, 0.6) is 5.75 Å². The first-order valence-electron chi connectivity index (χ1n) is 7.08. The summed E-state index contributed by atoms with van der Waals surface area (Å²) in [6.07, 6.45) is 2.52. The first-order valence-corrected chi connectivity index (χ1v) is 7.08. The van der Waals surface area contributed by atoms with Crippen molar-refractivity contribution in [1.29, 1.82) is 0 Å². The second-order valence-electron chi connectivity index (χ2n) is 5.51. The minimum absolute atomic E-state index is 0.561. The molecule has 1 aromatic carbocycles. The van der Waals surface area contributed by atoms with E-state index in [1.165, 1.54) is 12.8 Å². The highest BCUT2D eigenvalue weighted by Gasteiger charge is 2.02. The lowest BCUT2D eigenvalue weighted by atomic mass is 10.1. The average molecular weight is 249 g/mol. The van der Waals surface area contributed by atoms with Crippen LogP contribution in [-0.4, -0.2) is 13.2 Å². The van der Waals surface area contributed by atoms with E-state index in [9.17, 15) is 0 Å². The molecule has 0 aliphatic heterocycles. The van der Waals surface area contributed by atoms with Crippen molar-refractivity contribution in [3.05, 3.63) is 24.3 Å². The van der Waals surface area contributed by atoms with Crippen LogP contribution in [0.15, 0.2) is 24.3 Å². The Labute approximate surface area is 112 Å². The van der Waals surface area contributed by atoms with E-state index in [0.717, 1.165) is 30.5 Å². The van der Waals surface area contributed by atoms with Crippen LogP contribution in [0.1, 0.15) is 40.5 Å². The number of hydrogen-bond acceptors (Lipinski definition) is 2. The topological polar surface area (TPSA) is 21.3 Å². The van der Waals surface area contributed by atoms with E-state index in [-0.39, 0.29) is 0 Å². The van der Waals surface area contributed by atoms with Gasteiger partial charge < -0.3 is 10.1 Å². The molecule has 102 valence electrons. The maximum absolute atomic E-state index is 5.72. The number of hydrogen-bond donors (Lipinski definition) is 1. The van der Waals surface area contributed by atoms with Crippen molar-refractivity contribution in [2.24, 2.45) is 11.8 Å². The monoisotopic (exact) mass is 249 g/mol. The quantitative estimate of drug-likeness (QED) is 0.728. The molecule has 0 radical (unpaired) electrons. The van der Waals surface area contributed by atoms with Crippen LogP contribution in [0.2, 0.25) is 0 Å². The molecule has 0 spiro atoms. The Kier molecular flexibility index (Phi) is 6.63. The molecule has 0 saturated heterocycles. The molecule has 0 heterocycles. The fourth-order valence-corrected chi connectivity index (χ4v) is 1.85. The predicted molar refractivity (Wildman–Crippen MR) is 79.3 cm³/mol. The molecule has 0 bridgehead atoms. The maximum Gasteiger partial charge on any atom is 0.121 e. The summed E-state index contributed by atoms with van der Waals surface area (Å²) in [4.78, 5) is 0. The summed E-state index contributed by atoms with van der Waals surface area (Å²) in [7, 11) is 0. The Bertz CT molecular complexity index is 336. The summed E-state index contributed by atoms with van der Waals surface area (Å²) >= 11 is 0. The third-order valence-corrected chi connectivity index (χ3v) is 2.85.